The zero-order valence-electron chi connectivity index (χ0n) is 12.5. The highest BCUT2D eigenvalue weighted by Crippen LogP contribution is 2.19. The lowest BCUT2D eigenvalue weighted by molar-refractivity contribution is -0.126. The molecular formula is C14H17BrFN3O3S. The third kappa shape index (κ3) is 5.08. The van der Waals surface area contributed by atoms with E-state index in [1.807, 2.05) is 0 Å². The Morgan fingerprint density at radius 2 is 2.26 bits per heavy atom. The molecule has 0 saturated carbocycles. The Morgan fingerprint density at radius 1 is 1.52 bits per heavy atom. The van der Waals surface area contributed by atoms with Crippen LogP contribution in [0, 0.1) is 11.7 Å². The first-order valence-corrected chi connectivity index (χ1v) is 9.64. The molecule has 0 bridgehead atoms. The van der Waals surface area contributed by atoms with E-state index in [2.05, 4.69) is 26.5 Å². The molecule has 23 heavy (non-hydrogen) atoms. The van der Waals surface area contributed by atoms with Crippen LogP contribution < -0.4 is 5.43 Å². The lowest BCUT2D eigenvalue weighted by atomic mass is 9.99. The molecule has 0 aliphatic carbocycles. The van der Waals surface area contributed by atoms with E-state index < -0.39 is 21.8 Å². The monoisotopic (exact) mass is 405 g/mol. The van der Waals surface area contributed by atoms with Crippen LogP contribution in [0.1, 0.15) is 18.4 Å². The second-order valence-corrected chi connectivity index (χ2v) is 8.26. The van der Waals surface area contributed by atoms with Crippen LogP contribution in [0.5, 0.6) is 0 Å². The molecule has 1 aromatic rings. The number of piperidine rings is 1. The summed E-state index contributed by atoms with van der Waals surface area (Å²) in [6.45, 7) is 0.572. The first kappa shape index (κ1) is 18.0. The van der Waals surface area contributed by atoms with Crippen molar-refractivity contribution >= 4 is 38.1 Å². The maximum absolute atomic E-state index is 13.6. The average molecular weight is 406 g/mol. The number of carbonyl (C=O) groups is 1. The highest BCUT2D eigenvalue weighted by Gasteiger charge is 2.29. The number of hydrogen-bond donors (Lipinski definition) is 1. The Kier molecular flexibility index (Phi) is 5.88. The van der Waals surface area contributed by atoms with Gasteiger partial charge in [-0.15, -0.1) is 0 Å². The van der Waals surface area contributed by atoms with Gasteiger partial charge in [-0.3, -0.25) is 4.79 Å². The smallest absolute Gasteiger partial charge is 0.244 e. The number of halogens is 2. The predicted molar refractivity (Wildman–Crippen MR) is 89.0 cm³/mol. The number of hydrazone groups is 1. The van der Waals surface area contributed by atoms with Crippen molar-refractivity contribution in [1.82, 2.24) is 9.73 Å². The van der Waals surface area contributed by atoms with Gasteiger partial charge in [0.15, 0.2) is 0 Å². The molecule has 2 rings (SSSR count). The van der Waals surface area contributed by atoms with Crippen LogP contribution >= 0.6 is 15.9 Å². The van der Waals surface area contributed by atoms with Crippen molar-refractivity contribution in [3.63, 3.8) is 0 Å². The molecule has 126 valence electrons. The zero-order chi connectivity index (χ0) is 17.0. The number of amides is 1. The molecule has 1 fully saturated rings. The minimum absolute atomic E-state index is 0.146. The summed E-state index contributed by atoms with van der Waals surface area (Å²) in [5, 5.41) is 3.75. The van der Waals surface area contributed by atoms with E-state index in [9.17, 15) is 17.6 Å². The van der Waals surface area contributed by atoms with E-state index >= 15 is 0 Å². The molecule has 1 aromatic carbocycles. The third-order valence-electron chi connectivity index (χ3n) is 3.56. The number of benzene rings is 1. The highest BCUT2D eigenvalue weighted by molar-refractivity contribution is 9.10. The van der Waals surface area contributed by atoms with Gasteiger partial charge in [0.05, 0.1) is 18.4 Å². The Bertz CT molecular complexity index is 724. The second kappa shape index (κ2) is 7.50. The summed E-state index contributed by atoms with van der Waals surface area (Å²) in [5.74, 6) is -1.28. The standard InChI is InChI=1S/C14H17BrFN3O3S/c1-23(21,22)19-6-2-3-11(9-19)14(20)18-17-8-10-4-5-12(15)7-13(10)16/h4-5,7-8,11H,2-3,6,9H2,1H3,(H,18,20). The van der Waals surface area contributed by atoms with Gasteiger partial charge in [0.1, 0.15) is 5.82 Å². The van der Waals surface area contributed by atoms with Crippen LogP contribution in [0.3, 0.4) is 0 Å². The van der Waals surface area contributed by atoms with E-state index in [-0.39, 0.29) is 18.0 Å². The summed E-state index contributed by atoms with van der Waals surface area (Å²) in [4.78, 5) is 12.1. The van der Waals surface area contributed by atoms with Crippen LogP contribution in [-0.4, -0.2) is 44.2 Å². The van der Waals surface area contributed by atoms with Crippen LogP contribution in [0.2, 0.25) is 0 Å². The number of nitrogens with zero attached hydrogens (tertiary/aromatic N) is 2. The normalized spacial score (nSPS) is 19.9. The van der Waals surface area contributed by atoms with Crippen LogP contribution in [0.25, 0.3) is 0 Å². The molecule has 1 saturated heterocycles. The summed E-state index contributed by atoms with van der Waals surface area (Å²) >= 11 is 3.15. The largest absolute Gasteiger partial charge is 0.273 e. The fourth-order valence-corrected chi connectivity index (χ4v) is 3.57. The Balaban J connectivity index is 1.95. The van der Waals surface area contributed by atoms with Gasteiger partial charge in [0, 0.05) is 23.1 Å². The minimum atomic E-state index is -3.30. The number of sulfonamides is 1. The molecule has 6 nitrogen and oxygen atoms in total. The van der Waals surface area contributed by atoms with Crippen molar-refractivity contribution < 1.29 is 17.6 Å². The van der Waals surface area contributed by atoms with Crippen molar-refractivity contribution in [1.29, 1.82) is 0 Å². The fraction of sp³-hybridized carbons (Fsp3) is 0.429. The second-order valence-electron chi connectivity index (χ2n) is 5.36. The number of rotatable bonds is 4. The molecule has 9 heteroatoms. The number of carbonyl (C=O) groups excluding carboxylic acids is 1. The molecule has 1 unspecified atom stereocenters. The number of nitrogens with one attached hydrogen (secondary N) is 1. The predicted octanol–water partition coefficient (Wildman–Crippen LogP) is 1.71. The van der Waals surface area contributed by atoms with Crippen molar-refractivity contribution in [3.05, 3.63) is 34.1 Å². The zero-order valence-corrected chi connectivity index (χ0v) is 14.9. The minimum Gasteiger partial charge on any atom is -0.273 e. The average Bonchev–Trinajstić information content (AvgIpc) is 2.48. The van der Waals surface area contributed by atoms with E-state index in [1.54, 1.807) is 6.07 Å². The van der Waals surface area contributed by atoms with Gasteiger partial charge in [-0.05, 0) is 31.0 Å². The lowest BCUT2D eigenvalue weighted by Crippen LogP contribution is -2.44. The highest BCUT2D eigenvalue weighted by atomic mass is 79.9. The fourth-order valence-electron chi connectivity index (χ4n) is 2.32. The van der Waals surface area contributed by atoms with E-state index in [0.717, 1.165) is 6.26 Å². The Morgan fingerprint density at radius 3 is 2.91 bits per heavy atom. The summed E-state index contributed by atoms with van der Waals surface area (Å²) in [6, 6.07) is 4.49. The maximum atomic E-state index is 13.6. The molecule has 1 aliphatic heterocycles. The van der Waals surface area contributed by atoms with Gasteiger partial charge in [-0.25, -0.2) is 22.5 Å². The van der Waals surface area contributed by atoms with Gasteiger partial charge in [0.2, 0.25) is 15.9 Å². The quantitative estimate of drug-likeness (QED) is 0.611. The third-order valence-corrected chi connectivity index (χ3v) is 5.33. The number of hydrogen-bond acceptors (Lipinski definition) is 4. The van der Waals surface area contributed by atoms with Gasteiger partial charge in [0.25, 0.3) is 0 Å². The molecule has 1 heterocycles. The SMILES string of the molecule is CS(=O)(=O)N1CCCC(C(=O)NN=Cc2ccc(Br)cc2F)C1. The summed E-state index contributed by atoms with van der Waals surface area (Å²) < 4.78 is 38.6. The van der Waals surface area contributed by atoms with E-state index in [4.69, 9.17) is 0 Å². The summed E-state index contributed by atoms with van der Waals surface area (Å²) in [6.07, 6.45) is 3.56. The van der Waals surface area contributed by atoms with E-state index in [0.29, 0.717) is 23.9 Å². The molecule has 1 N–H and O–H groups in total. The Labute approximate surface area is 142 Å². The summed E-state index contributed by atoms with van der Waals surface area (Å²) in [7, 11) is -3.30. The lowest BCUT2D eigenvalue weighted by Gasteiger charge is -2.29. The van der Waals surface area contributed by atoms with Gasteiger partial charge in [-0.2, -0.15) is 5.10 Å². The molecule has 0 aromatic heterocycles. The van der Waals surface area contributed by atoms with Crippen LogP contribution in [0.4, 0.5) is 4.39 Å². The first-order valence-electron chi connectivity index (χ1n) is 7.00. The van der Waals surface area contributed by atoms with Gasteiger partial charge < -0.3 is 0 Å². The van der Waals surface area contributed by atoms with Crippen molar-refractivity contribution in [2.45, 2.75) is 12.8 Å². The molecule has 0 radical (unpaired) electrons. The van der Waals surface area contributed by atoms with Gasteiger partial charge in [-0.1, -0.05) is 15.9 Å². The van der Waals surface area contributed by atoms with Crippen LogP contribution in [0.15, 0.2) is 27.8 Å². The molecule has 1 amide bonds. The maximum Gasteiger partial charge on any atom is 0.244 e. The molecular weight excluding hydrogens is 389 g/mol. The van der Waals surface area contributed by atoms with Crippen molar-refractivity contribution in [2.24, 2.45) is 11.0 Å². The van der Waals surface area contributed by atoms with Crippen LogP contribution in [-0.2, 0) is 14.8 Å². The summed E-state index contributed by atoms with van der Waals surface area (Å²) in [5.41, 5.74) is 2.59. The van der Waals surface area contributed by atoms with Crippen molar-refractivity contribution in [3.8, 4) is 0 Å². The molecule has 1 atom stereocenters. The molecule has 1 aliphatic rings. The Hall–Kier alpha value is -1.32. The first-order chi connectivity index (χ1) is 10.8. The van der Waals surface area contributed by atoms with E-state index in [1.165, 1.54) is 22.7 Å². The molecule has 0 spiro atoms. The van der Waals surface area contributed by atoms with Crippen molar-refractivity contribution in [2.75, 3.05) is 19.3 Å². The van der Waals surface area contributed by atoms with Gasteiger partial charge >= 0.3 is 0 Å². The topological polar surface area (TPSA) is 78.8 Å².